The summed E-state index contributed by atoms with van der Waals surface area (Å²) in [5, 5.41) is 0. The van der Waals surface area contributed by atoms with Crippen molar-refractivity contribution in [1.82, 2.24) is 0 Å². The number of benzene rings is 3. The summed E-state index contributed by atoms with van der Waals surface area (Å²) in [5.74, 6) is -0.377. The third-order valence-corrected chi connectivity index (χ3v) is 8.39. The van der Waals surface area contributed by atoms with Gasteiger partial charge in [-0.2, -0.15) is 13.2 Å². The van der Waals surface area contributed by atoms with Gasteiger partial charge in [0.1, 0.15) is 6.54 Å². The molecule has 0 aromatic heterocycles. The molecule has 3 aromatic carbocycles. The van der Waals surface area contributed by atoms with Crippen molar-refractivity contribution >= 4 is 27.4 Å². The quantitative estimate of drug-likeness (QED) is 0.348. The van der Waals surface area contributed by atoms with E-state index in [2.05, 4.69) is 0 Å². The van der Waals surface area contributed by atoms with E-state index in [1.165, 1.54) is 28.6 Å². The zero-order valence-corrected chi connectivity index (χ0v) is 22.4. The Morgan fingerprint density at radius 2 is 1.61 bits per heavy atom. The Labute approximate surface area is 220 Å². The lowest BCUT2D eigenvalue weighted by molar-refractivity contribution is -0.141. The fraction of sp³-hybridized carbons (Fsp3) is 0.321. The molecular formula is C28H29F3N2O4S. The molecule has 0 aliphatic carbocycles. The van der Waals surface area contributed by atoms with Crippen molar-refractivity contribution in [3.05, 3.63) is 77.9 Å². The molecule has 202 valence electrons. The number of hydrogen-bond donors (Lipinski definition) is 0. The van der Waals surface area contributed by atoms with Crippen molar-refractivity contribution < 1.29 is 31.1 Å². The van der Waals surface area contributed by atoms with Gasteiger partial charge in [-0.15, -0.1) is 0 Å². The van der Waals surface area contributed by atoms with Crippen LogP contribution in [0.15, 0.2) is 71.6 Å². The van der Waals surface area contributed by atoms with Crippen LogP contribution in [0.3, 0.4) is 0 Å². The van der Waals surface area contributed by atoms with Gasteiger partial charge < -0.3 is 9.64 Å². The Hall–Kier alpha value is -3.53. The van der Waals surface area contributed by atoms with E-state index in [0.29, 0.717) is 22.5 Å². The summed E-state index contributed by atoms with van der Waals surface area (Å²) in [4.78, 5) is 13.5. The molecule has 0 unspecified atom stereocenters. The standard InChI is InChI=1S/C28H29F3N2O4S/c1-5-37-26(34)17-32(4)22-11-13-23(14-12-22)38(35,36)33-18-27(2,3)24-16-20(8-15-25(24)33)19-6-9-21(10-7-19)28(29,30)31/h6-16H,5,17-18H2,1-4H3. The normalized spacial score (nSPS) is 14.8. The number of fused-ring (bicyclic) bond motifs is 1. The number of likely N-dealkylation sites (N-methyl/N-ethyl adjacent to an activating group) is 1. The van der Waals surface area contributed by atoms with E-state index in [-0.39, 0.29) is 30.6 Å². The maximum Gasteiger partial charge on any atom is 0.416 e. The van der Waals surface area contributed by atoms with Crippen molar-refractivity contribution in [1.29, 1.82) is 0 Å². The molecule has 4 rings (SSSR count). The zero-order chi connectivity index (χ0) is 27.9. The maximum atomic E-state index is 13.6. The third kappa shape index (κ3) is 5.36. The monoisotopic (exact) mass is 546 g/mol. The first-order valence-electron chi connectivity index (χ1n) is 12.1. The molecule has 1 heterocycles. The predicted molar refractivity (Wildman–Crippen MR) is 141 cm³/mol. The number of ether oxygens (including phenoxy) is 1. The molecule has 6 nitrogen and oxygen atoms in total. The van der Waals surface area contributed by atoms with Gasteiger partial charge >= 0.3 is 12.1 Å². The minimum atomic E-state index is -4.41. The lowest BCUT2D eigenvalue weighted by atomic mass is 9.85. The van der Waals surface area contributed by atoms with E-state index in [4.69, 9.17) is 4.74 Å². The summed E-state index contributed by atoms with van der Waals surface area (Å²) in [6, 6.07) is 16.5. The van der Waals surface area contributed by atoms with Gasteiger partial charge in [-0.25, -0.2) is 8.42 Å². The van der Waals surface area contributed by atoms with Crippen LogP contribution in [0.2, 0.25) is 0 Å². The highest BCUT2D eigenvalue weighted by molar-refractivity contribution is 7.92. The van der Waals surface area contributed by atoms with Gasteiger partial charge in [0, 0.05) is 24.7 Å². The smallest absolute Gasteiger partial charge is 0.416 e. The second-order valence-electron chi connectivity index (χ2n) is 9.86. The van der Waals surface area contributed by atoms with Crippen LogP contribution in [0.4, 0.5) is 24.5 Å². The largest absolute Gasteiger partial charge is 0.465 e. The van der Waals surface area contributed by atoms with E-state index in [1.54, 1.807) is 43.1 Å². The van der Waals surface area contributed by atoms with Gasteiger partial charge in [0.25, 0.3) is 10.0 Å². The van der Waals surface area contributed by atoms with Crippen LogP contribution in [-0.4, -0.2) is 41.1 Å². The number of halogens is 3. The van der Waals surface area contributed by atoms with Gasteiger partial charge in [0.15, 0.2) is 0 Å². The number of carbonyl (C=O) groups is 1. The molecule has 0 radical (unpaired) electrons. The molecule has 0 N–H and O–H groups in total. The Bertz CT molecular complexity index is 1430. The Morgan fingerprint density at radius 3 is 2.18 bits per heavy atom. The summed E-state index contributed by atoms with van der Waals surface area (Å²) in [6.07, 6.45) is -4.41. The first kappa shape index (κ1) is 27.5. The summed E-state index contributed by atoms with van der Waals surface area (Å²) in [7, 11) is -2.18. The lowest BCUT2D eigenvalue weighted by Gasteiger charge is -2.23. The van der Waals surface area contributed by atoms with Crippen LogP contribution >= 0.6 is 0 Å². The van der Waals surface area contributed by atoms with Crippen molar-refractivity contribution in [2.75, 3.05) is 35.9 Å². The van der Waals surface area contributed by atoms with Gasteiger partial charge in [-0.05, 0) is 72.1 Å². The lowest BCUT2D eigenvalue weighted by Crippen LogP contribution is -2.34. The van der Waals surface area contributed by atoms with E-state index in [0.717, 1.165) is 17.7 Å². The second-order valence-corrected chi connectivity index (χ2v) is 11.7. The third-order valence-electron chi connectivity index (χ3n) is 6.62. The molecule has 0 bridgehead atoms. The fourth-order valence-corrected chi connectivity index (χ4v) is 6.21. The molecular weight excluding hydrogens is 517 g/mol. The number of sulfonamides is 1. The first-order chi connectivity index (χ1) is 17.7. The van der Waals surface area contributed by atoms with Gasteiger partial charge in [0.05, 0.1) is 22.8 Å². The topological polar surface area (TPSA) is 66.9 Å². The van der Waals surface area contributed by atoms with Gasteiger partial charge in [-0.3, -0.25) is 9.10 Å². The van der Waals surface area contributed by atoms with Crippen LogP contribution in [0.1, 0.15) is 31.9 Å². The summed E-state index contributed by atoms with van der Waals surface area (Å²) in [6.45, 7) is 6.13. The molecule has 3 aromatic rings. The molecule has 0 saturated heterocycles. The average molecular weight is 547 g/mol. The van der Waals surface area contributed by atoms with Crippen molar-refractivity contribution in [3.8, 4) is 11.1 Å². The molecule has 1 aliphatic rings. The molecule has 0 atom stereocenters. The van der Waals surface area contributed by atoms with Crippen LogP contribution in [0.5, 0.6) is 0 Å². The highest BCUT2D eigenvalue weighted by atomic mass is 32.2. The van der Waals surface area contributed by atoms with Gasteiger partial charge in [-0.1, -0.05) is 32.0 Å². The number of nitrogens with zero attached hydrogens (tertiary/aromatic N) is 2. The maximum absolute atomic E-state index is 13.6. The van der Waals surface area contributed by atoms with Crippen molar-refractivity contribution in [2.45, 2.75) is 37.3 Å². The van der Waals surface area contributed by atoms with E-state index < -0.39 is 27.2 Å². The molecule has 1 aliphatic heterocycles. The summed E-state index contributed by atoms with van der Waals surface area (Å²) < 4.78 is 72.5. The minimum Gasteiger partial charge on any atom is -0.465 e. The molecule has 0 spiro atoms. The molecule has 38 heavy (non-hydrogen) atoms. The van der Waals surface area contributed by atoms with E-state index in [1.807, 2.05) is 19.9 Å². The number of esters is 1. The number of hydrogen-bond acceptors (Lipinski definition) is 5. The van der Waals surface area contributed by atoms with Crippen LogP contribution in [0, 0.1) is 0 Å². The number of carbonyl (C=O) groups excluding carboxylic acids is 1. The molecule has 0 saturated carbocycles. The van der Waals surface area contributed by atoms with E-state index >= 15 is 0 Å². The predicted octanol–water partition coefficient (Wildman–Crippen LogP) is 5.86. The van der Waals surface area contributed by atoms with Crippen LogP contribution in [-0.2, 0) is 31.1 Å². The first-order valence-corrected chi connectivity index (χ1v) is 13.5. The number of alkyl halides is 3. The van der Waals surface area contributed by atoms with Crippen molar-refractivity contribution in [2.24, 2.45) is 0 Å². The zero-order valence-electron chi connectivity index (χ0n) is 21.5. The minimum absolute atomic E-state index is 0.0366. The number of anilines is 2. The average Bonchev–Trinajstić information content (AvgIpc) is 3.14. The molecule has 10 heteroatoms. The SMILES string of the molecule is CCOC(=O)CN(C)c1ccc(S(=O)(=O)N2CC(C)(C)c3cc(-c4ccc(C(F)(F)F)cc4)ccc32)cc1. The van der Waals surface area contributed by atoms with Crippen LogP contribution < -0.4 is 9.21 Å². The number of rotatable bonds is 7. The van der Waals surface area contributed by atoms with Crippen LogP contribution in [0.25, 0.3) is 11.1 Å². The Kier molecular flexibility index (Phi) is 7.22. The fourth-order valence-electron chi connectivity index (χ4n) is 4.56. The van der Waals surface area contributed by atoms with Crippen molar-refractivity contribution in [3.63, 3.8) is 0 Å². The molecule has 0 amide bonds. The Morgan fingerprint density at radius 1 is 1.00 bits per heavy atom. The highest BCUT2D eigenvalue weighted by Gasteiger charge is 2.41. The summed E-state index contributed by atoms with van der Waals surface area (Å²) in [5.41, 5.74) is 2.07. The highest BCUT2D eigenvalue weighted by Crippen LogP contribution is 2.45. The van der Waals surface area contributed by atoms with Gasteiger partial charge in [0.2, 0.25) is 0 Å². The second kappa shape index (κ2) is 9.98. The van der Waals surface area contributed by atoms with E-state index in [9.17, 15) is 26.4 Å². The Balaban J connectivity index is 1.61. The summed E-state index contributed by atoms with van der Waals surface area (Å²) >= 11 is 0. The molecule has 0 fully saturated rings.